The number of imidazole rings is 1. The topological polar surface area (TPSA) is 63.8 Å². The number of halogens is 1. The highest BCUT2D eigenvalue weighted by molar-refractivity contribution is 5.94. The summed E-state index contributed by atoms with van der Waals surface area (Å²) in [6.07, 6.45) is 3.35. The van der Waals surface area contributed by atoms with E-state index in [1.54, 1.807) is 35.0 Å². The number of ether oxygens (including phenoxy) is 1. The lowest BCUT2D eigenvalue weighted by Crippen LogP contribution is -2.00. The van der Waals surface area contributed by atoms with E-state index in [9.17, 15) is 9.18 Å². The van der Waals surface area contributed by atoms with Crippen LogP contribution in [0.4, 0.5) is 4.39 Å². The maximum Gasteiger partial charge on any atom is 0.339 e. The molecule has 0 amide bonds. The van der Waals surface area contributed by atoms with E-state index < -0.39 is 11.8 Å². The van der Waals surface area contributed by atoms with Gasteiger partial charge < -0.3 is 14.2 Å². The number of aromatic carboxylic acids is 1. The van der Waals surface area contributed by atoms with Gasteiger partial charge in [-0.3, -0.25) is 0 Å². The molecule has 6 heteroatoms. The molecule has 21 heavy (non-hydrogen) atoms. The average molecular weight is 286 g/mol. The summed E-state index contributed by atoms with van der Waals surface area (Å²) >= 11 is 0. The summed E-state index contributed by atoms with van der Waals surface area (Å²) < 4.78 is 20.4. The van der Waals surface area contributed by atoms with Gasteiger partial charge in [-0.1, -0.05) is 12.1 Å². The van der Waals surface area contributed by atoms with Gasteiger partial charge in [-0.2, -0.15) is 0 Å². The minimum absolute atomic E-state index is 0.0572. The predicted molar refractivity (Wildman–Crippen MR) is 72.9 cm³/mol. The number of hydrogen-bond acceptors (Lipinski definition) is 3. The Hall–Kier alpha value is -2.89. The second-order valence-corrected chi connectivity index (χ2v) is 4.41. The molecule has 0 aliphatic heterocycles. The number of fused-ring (bicyclic) bond motifs is 1. The standard InChI is InChI=1S/C15H11FN2O3/c16-12-5-1-2-6-13(12)21-9-10-8-18-7-3-4-11(15(19)20)14(18)17-10/h1-8H,9H2,(H,19,20). The van der Waals surface area contributed by atoms with Crippen LogP contribution in [0.25, 0.3) is 5.65 Å². The number of aromatic nitrogens is 2. The third kappa shape index (κ3) is 2.55. The Labute approximate surface area is 119 Å². The Morgan fingerprint density at radius 1 is 1.29 bits per heavy atom. The van der Waals surface area contributed by atoms with Crippen molar-refractivity contribution < 1.29 is 19.0 Å². The second-order valence-electron chi connectivity index (χ2n) is 4.41. The number of hydrogen-bond donors (Lipinski definition) is 1. The molecule has 5 nitrogen and oxygen atoms in total. The van der Waals surface area contributed by atoms with Crippen LogP contribution >= 0.6 is 0 Å². The monoisotopic (exact) mass is 286 g/mol. The summed E-state index contributed by atoms with van der Waals surface area (Å²) in [5.41, 5.74) is 0.957. The molecule has 2 aromatic heterocycles. The number of carbonyl (C=O) groups is 1. The van der Waals surface area contributed by atoms with Crippen LogP contribution in [0.3, 0.4) is 0 Å². The van der Waals surface area contributed by atoms with Crippen LogP contribution in [-0.2, 0) is 6.61 Å². The minimum atomic E-state index is -1.05. The first kappa shape index (κ1) is 13.1. The van der Waals surface area contributed by atoms with E-state index in [0.717, 1.165) is 0 Å². The van der Waals surface area contributed by atoms with Crippen molar-refractivity contribution in [2.45, 2.75) is 6.61 Å². The van der Waals surface area contributed by atoms with Crippen LogP contribution in [0.2, 0.25) is 0 Å². The zero-order valence-electron chi connectivity index (χ0n) is 10.9. The van der Waals surface area contributed by atoms with Crippen molar-refractivity contribution >= 4 is 11.6 Å². The molecular formula is C15H11FN2O3. The van der Waals surface area contributed by atoms with E-state index in [2.05, 4.69) is 4.98 Å². The normalized spacial score (nSPS) is 10.7. The quantitative estimate of drug-likeness (QED) is 0.801. The van der Waals surface area contributed by atoms with Crippen molar-refractivity contribution in [2.75, 3.05) is 0 Å². The van der Waals surface area contributed by atoms with Gasteiger partial charge in [-0.15, -0.1) is 0 Å². The molecule has 0 atom stereocenters. The highest BCUT2D eigenvalue weighted by Gasteiger charge is 2.12. The lowest BCUT2D eigenvalue weighted by Gasteiger charge is -2.04. The molecule has 1 aromatic carbocycles. The summed E-state index contributed by atoms with van der Waals surface area (Å²) in [6, 6.07) is 9.18. The molecule has 0 fully saturated rings. The van der Waals surface area contributed by atoms with Crippen molar-refractivity contribution in [3.8, 4) is 5.75 Å². The molecular weight excluding hydrogens is 275 g/mol. The van der Waals surface area contributed by atoms with Crippen molar-refractivity contribution in [1.82, 2.24) is 9.38 Å². The van der Waals surface area contributed by atoms with Crippen molar-refractivity contribution in [2.24, 2.45) is 0 Å². The van der Waals surface area contributed by atoms with Gasteiger partial charge in [0.05, 0.1) is 5.69 Å². The van der Waals surface area contributed by atoms with Crippen LogP contribution in [0.15, 0.2) is 48.8 Å². The molecule has 1 N–H and O–H groups in total. The van der Waals surface area contributed by atoms with E-state index >= 15 is 0 Å². The number of nitrogens with zero attached hydrogens (tertiary/aromatic N) is 2. The third-order valence-electron chi connectivity index (χ3n) is 2.98. The van der Waals surface area contributed by atoms with Crippen LogP contribution < -0.4 is 4.74 Å². The molecule has 0 saturated carbocycles. The molecule has 0 saturated heterocycles. The zero-order valence-corrected chi connectivity index (χ0v) is 10.9. The first-order valence-electron chi connectivity index (χ1n) is 6.22. The van der Waals surface area contributed by atoms with Gasteiger partial charge in [-0.05, 0) is 24.3 Å². The molecule has 3 aromatic rings. The fourth-order valence-corrected chi connectivity index (χ4v) is 2.01. The molecule has 0 bridgehead atoms. The smallest absolute Gasteiger partial charge is 0.339 e. The largest absolute Gasteiger partial charge is 0.484 e. The maximum atomic E-state index is 13.4. The van der Waals surface area contributed by atoms with E-state index in [0.29, 0.717) is 11.3 Å². The summed E-state index contributed by atoms with van der Waals surface area (Å²) in [6.45, 7) is 0.0572. The third-order valence-corrected chi connectivity index (χ3v) is 2.98. The highest BCUT2D eigenvalue weighted by Crippen LogP contribution is 2.18. The van der Waals surface area contributed by atoms with Gasteiger partial charge in [0.2, 0.25) is 0 Å². The Morgan fingerprint density at radius 2 is 2.10 bits per heavy atom. The average Bonchev–Trinajstić information content (AvgIpc) is 2.88. The van der Waals surface area contributed by atoms with Gasteiger partial charge in [0, 0.05) is 12.4 Å². The van der Waals surface area contributed by atoms with Crippen LogP contribution in [0.1, 0.15) is 16.1 Å². The summed E-state index contributed by atoms with van der Waals surface area (Å²) in [5, 5.41) is 9.10. The Morgan fingerprint density at radius 3 is 2.86 bits per heavy atom. The van der Waals surface area contributed by atoms with Crippen LogP contribution in [0.5, 0.6) is 5.75 Å². The lowest BCUT2D eigenvalue weighted by atomic mass is 10.3. The predicted octanol–water partition coefficient (Wildman–Crippen LogP) is 2.75. The van der Waals surface area contributed by atoms with E-state index in [4.69, 9.17) is 9.84 Å². The fraction of sp³-hybridized carbons (Fsp3) is 0.0667. The first-order valence-corrected chi connectivity index (χ1v) is 6.22. The molecule has 0 aliphatic rings. The summed E-state index contributed by atoms with van der Waals surface area (Å²) in [7, 11) is 0. The van der Waals surface area contributed by atoms with Gasteiger partial charge in [0.25, 0.3) is 0 Å². The summed E-state index contributed by atoms with van der Waals surface area (Å²) in [4.78, 5) is 15.3. The molecule has 0 aliphatic carbocycles. The Bertz CT molecular complexity index is 814. The molecule has 0 unspecified atom stereocenters. The molecule has 2 heterocycles. The van der Waals surface area contributed by atoms with Gasteiger partial charge in [-0.25, -0.2) is 14.2 Å². The highest BCUT2D eigenvalue weighted by atomic mass is 19.1. The lowest BCUT2D eigenvalue weighted by molar-refractivity contribution is 0.0698. The number of rotatable bonds is 4. The van der Waals surface area contributed by atoms with Gasteiger partial charge in [0.1, 0.15) is 12.2 Å². The molecule has 0 spiro atoms. The SMILES string of the molecule is O=C(O)c1cccn2cc(COc3ccccc3F)nc12. The second kappa shape index (κ2) is 5.24. The summed E-state index contributed by atoms with van der Waals surface area (Å²) in [5.74, 6) is -1.37. The molecule has 3 rings (SSSR count). The number of carboxylic acids is 1. The number of para-hydroxylation sites is 1. The van der Waals surface area contributed by atoms with Crippen molar-refractivity contribution in [1.29, 1.82) is 0 Å². The van der Waals surface area contributed by atoms with Crippen LogP contribution in [-0.4, -0.2) is 20.5 Å². The zero-order chi connectivity index (χ0) is 14.8. The number of pyridine rings is 1. The van der Waals surface area contributed by atoms with E-state index in [-0.39, 0.29) is 17.9 Å². The Kier molecular flexibility index (Phi) is 3.27. The Balaban J connectivity index is 1.87. The molecule has 106 valence electrons. The van der Waals surface area contributed by atoms with Crippen molar-refractivity contribution in [3.05, 3.63) is 65.9 Å². The maximum absolute atomic E-state index is 13.4. The number of benzene rings is 1. The first-order chi connectivity index (χ1) is 10.1. The molecule has 0 radical (unpaired) electrons. The van der Waals surface area contributed by atoms with E-state index in [1.165, 1.54) is 18.2 Å². The van der Waals surface area contributed by atoms with Crippen LogP contribution in [0, 0.1) is 5.82 Å². The van der Waals surface area contributed by atoms with E-state index in [1.807, 2.05) is 0 Å². The van der Waals surface area contributed by atoms with Gasteiger partial charge >= 0.3 is 5.97 Å². The number of carboxylic acid groups (broad SMARTS) is 1. The minimum Gasteiger partial charge on any atom is -0.484 e. The van der Waals surface area contributed by atoms with Gasteiger partial charge in [0.15, 0.2) is 17.2 Å². The van der Waals surface area contributed by atoms with Crippen molar-refractivity contribution in [3.63, 3.8) is 0 Å². The fourth-order valence-electron chi connectivity index (χ4n) is 2.01.